The van der Waals surface area contributed by atoms with Crippen molar-refractivity contribution in [3.63, 3.8) is 0 Å². The Morgan fingerprint density at radius 2 is 1.77 bits per heavy atom. The van der Waals surface area contributed by atoms with Gasteiger partial charge in [0.25, 0.3) is 0 Å². The first-order chi connectivity index (χ1) is 14.8. The maximum atomic E-state index is 12.9. The standard InChI is InChI=1S/C21H21Cl2N5O3/c1-10-3-2-4-13(5-10)24-19(30)15-9-16(29)26-18-17(15)20(31)28-21(27-18)25-14-7-11(22)6-12(23)8-14/h2-8,15,17-18,21,25,27H,9H2,1H3,(H,24,30)(H,26,29)(H,28,31). The third-order valence-corrected chi connectivity index (χ3v) is 5.68. The molecule has 2 saturated heterocycles. The molecule has 2 aromatic carbocycles. The van der Waals surface area contributed by atoms with Crippen LogP contribution >= 0.6 is 23.2 Å². The molecule has 162 valence electrons. The van der Waals surface area contributed by atoms with Gasteiger partial charge in [-0.15, -0.1) is 0 Å². The second kappa shape index (κ2) is 8.74. The lowest BCUT2D eigenvalue weighted by atomic mass is 9.81. The third kappa shape index (κ3) is 4.92. The number of fused-ring (bicyclic) bond motifs is 1. The molecule has 0 aromatic heterocycles. The first-order valence-corrected chi connectivity index (χ1v) is 10.5. The van der Waals surface area contributed by atoms with Gasteiger partial charge in [-0.1, -0.05) is 35.3 Å². The Morgan fingerprint density at radius 1 is 1.03 bits per heavy atom. The molecule has 3 amide bonds. The van der Waals surface area contributed by atoms with Gasteiger partial charge < -0.3 is 21.3 Å². The molecule has 31 heavy (non-hydrogen) atoms. The number of carbonyl (C=O) groups excluding carboxylic acids is 3. The van der Waals surface area contributed by atoms with E-state index in [-0.39, 0.29) is 24.1 Å². The highest BCUT2D eigenvalue weighted by Gasteiger charge is 2.48. The van der Waals surface area contributed by atoms with E-state index in [4.69, 9.17) is 23.2 Å². The van der Waals surface area contributed by atoms with Crippen LogP contribution in [0.5, 0.6) is 0 Å². The van der Waals surface area contributed by atoms with Crippen molar-refractivity contribution >= 4 is 52.3 Å². The largest absolute Gasteiger partial charge is 0.353 e. The third-order valence-electron chi connectivity index (χ3n) is 5.25. The minimum absolute atomic E-state index is 0.0735. The molecule has 4 unspecified atom stereocenters. The number of benzene rings is 2. The number of rotatable bonds is 4. The molecule has 0 spiro atoms. The molecule has 4 atom stereocenters. The van der Waals surface area contributed by atoms with E-state index in [1.165, 1.54) is 0 Å². The normalized spacial score (nSPS) is 25.1. The van der Waals surface area contributed by atoms with Gasteiger partial charge in [0.2, 0.25) is 17.7 Å². The summed E-state index contributed by atoms with van der Waals surface area (Å²) in [6, 6.07) is 12.2. The predicted octanol–water partition coefficient (Wildman–Crippen LogP) is 2.43. The van der Waals surface area contributed by atoms with Gasteiger partial charge in [0.1, 0.15) is 0 Å². The molecule has 2 aliphatic rings. The van der Waals surface area contributed by atoms with Crippen molar-refractivity contribution in [2.24, 2.45) is 11.8 Å². The molecule has 4 rings (SSSR count). The molecule has 2 heterocycles. The van der Waals surface area contributed by atoms with Gasteiger partial charge >= 0.3 is 0 Å². The van der Waals surface area contributed by atoms with Crippen LogP contribution in [-0.2, 0) is 14.4 Å². The zero-order valence-electron chi connectivity index (χ0n) is 16.5. The van der Waals surface area contributed by atoms with Gasteiger partial charge in [-0.3, -0.25) is 19.7 Å². The molecule has 2 aromatic rings. The van der Waals surface area contributed by atoms with Crippen LogP contribution in [0.1, 0.15) is 12.0 Å². The number of nitrogens with one attached hydrogen (secondary N) is 5. The average molecular weight is 462 g/mol. The Bertz CT molecular complexity index is 1030. The van der Waals surface area contributed by atoms with Crippen LogP contribution in [0.4, 0.5) is 11.4 Å². The summed E-state index contributed by atoms with van der Waals surface area (Å²) in [5, 5.41) is 15.4. The van der Waals surface area contributed by atoms with E-state index >= 15 is 0 Å². The highest BCUT2D eigenvalue weighted by Crippen LogP contribution is 2.29. The fourth-order valence-electron chi connectivity index (χ4n) is 3.92. The van der Waals surface area contributed by atoms with Crippen LogP contribution in [0.2, 0.25) is 10.0 Å². The minimum Gasteiger partial charge on any atom is -0.353 e. The van der Waals surface area contributed by atoms with E-state index in [0.717, 1.165) is 5.56 Å². The van der Waals surface area contributed by atoms with Crippen LogP contribution in [-0.4, -0.2) is 30.2 Å². The molecule has 0 aliphatic carbocycles. The lowest BCUT2D eigenvalue weighted by Gasteiger charge is -2.43. The minimum atomic E-state index is -0.812. The number of carbonyl (C=O) groups is 3. The van der Waals surface area contributed by atoms with E-state index in [9.17, 15) is 14.4 Å². The van der Waals surface area contributed by atoms with E-state index in [1.54, 1.807) is 24.3 Å². The van der Waals surface area contributed by atoms with Crippen molar-refractivity contribution in [1.82, 2.24) is 16.0 Å². The Kier molecular flexibility index (Phi) is 6.04. The van der Waals surface area contributed by atoms with E-state index in [0.29, 0.717) is 21.4 Å². The van der Waals surface area contributed by atoms with Gasteiger partial charge in [0.05, 0.1) is 18.0 Å². The average Bonchev–Trinajstić information content (AvgIpc) is 2.66. The fraction of sp³-hybridized carbons (Fsp3) is 0.286. The molecule has 8 nitrogen and oxygen atoms in total. The maximum absolute atomic E-state index is 12.9. The van der Waals surface area contributed by atoms with Gasteiger partial charge in [0.15, 0.2) is 6.29 Å². The van der Waals surface area contributed by atoms with E-state index < -0.39 is 24.3 Å². The summed E-state index contributed by atoms with van der Waals surface area (Å²) in [6.45, 7) is 1.92. The van der Waals surface area contributed by atoms with Crippen molar-refractivity contribution in [2.45, 2.75) is 25.8 Å². The number of hydrogen-bond acceptors (Lipinski definition) is 5. The highest BCUT2D eigenvalue weighted by atomic mass is 35.5. The van der Waals surface area contributed by atoms with Crippen molar-refractivity contribution in [2.75, 3.05) is 10.6 Å². The van der Waals surface area contributed by atoms with Crippen LogP contribution in [0.15, 0.2) is 42.5 Å². The second-order valence-electron chi connectivity index (χ2n) is 7.65. The molecule has 10 heteroatoms. The van der Waals surface area contributed by atoms with Crippen LogP contribution in [0, 0.1) is 18.8 Å². The van der Waals surface area contributed by atoms with Crippen LogP contribution < -0.4 is 26.6 Å². The van der Waals surface area contributed by atoms with Crippen molar-refractivity contribution in [1.29, 1.82) is 0 Å². The summed E-state index contributed by atoms with van der Waals surface area (Å²) in [7, 11) is 0. The SMILES string of the molecule is Cc1cccc(NC(=O)C2CC(=O)NC3NC(Nc4cc(Cl)cc(Cl)c4)NC(=O)C32)c1. The summed E-state index contributed by atoms with van der Waals surface area (Å²) in [4.78, 5) is 38.1. The fourth-order valence-corrected chi connectivity index (χ4v) is 4.44. The summed E-state index contributed by atoms with van der Waals surface area (Å²) in [6.07, 6.45) is -1.48. The monoisotopic (exact) mass is 461 g/mol. The topological polar surface area (TPSA) is 111 Å². The molecular weight excluding hydrogens is 441 g/mol. The lowest BCUT2D eigenvalue weighted by Crippen LogP contribution is -2.72. The Labute approximate surface area is 189 Å². The summed E-state index contributed by atoms with van der Waals surface area (Å²) in [5.74, 6) is -2.60. The summed E-state index contributed by atoms with van der Waals surface area (Å²) in [5.41, 5.74) is 2.20. The number of aryl methyl sites for hydroxylation is 1. The quantitative estimate of drug-likeness (QED) is 0.480. The Hall–Kier alpha value is -2.81. The van der Waals surface area contributed by atoms with Gasteiger partial charge in [0, 0.05) is 27.8 Å². The number of halogens is 2. The number of piperidine rings is 1. The summed E-state index contributed by atoms with van der Waals surface area (Å²) >= 11 is 12.0. The number of anilines is 2. The van der Waals surface area contributed by atoms with Gasteiger partial charge in [-0.25, -0.2) is 0 Å². The van der Waals surface area contributed by atoms with Gasteiger partial charge in [-0.05, 0) is 42.8 Å². The molecule has 0 radical (unpaired) electrons. The maximum Gasteiger partial charge on any atom is 0.229 e. The lowest BCUT2D eigenvalue weighted by molar-refractivity contribution is -0.144. The highest BCUT2D eigenvalue weighted by molar-refractivity contribution is 6.35. The van der Waals surface area contributed by atoms with Crippen LogP contribution in [0.3, 0.4) is 0 Å². The molecule has 0 bridgehead atoms. The zero-order chi connectivity index (χ0) is 22.1. The Morgan fingerprint density at radius 3 is 2.48 bits per heavy atom. The van der Waals surface area contributed by atoms with Crippen LogP contribution in [0.25, 0.3) is 0 Å². The molecule has 0 saturated carbocycles. The van der Waals surface area contributed by atoms with Gasteiger partial charge in [-0.2, -0.15) is 0 Å². The number of hydrogen-bond donors (Lipinski definition) is 5. The molecule has 2 aliphatic heterocycles. The van der Waals surface area contributed by atoms with Crippen molar-refractivity contribution in [3.05, 3.63) is 58.1 Å². The second-order valence-corrected chi connectivity index (χ2v) is 8.52. The molecule has 2 fully saturated rings. The van der Waals surface area contributed by atoms with Crippen molar-refractivity contribution in [3.8, 4) is 0 Å². The van der Waals surface area contributed by atoms with E-state index in [1.807, 2.05) is 25.1 Å². The summed E-state index contributed by atoms with van der Waals surface area (Å²) < 4.78 is 0. The predicted molar refractivity (Wildman–Crippen MR) is 118 cm³/mol. The van der Waals surface area contributed by atoms with E-state index in [2.05, 4.69) is 26.6 Å². The first-order valence-electron chi connectivity index (χ1n) is 9.74. The number of amides is 3. The Balaban J connectivity index is 1.49. The molecular formula is C21H21Cl2N5O3. The molecule has 5 N–H and O–H groups in total. The zero-order valence-corrected chi connectivity index (χ0v) is 18.1. The smallest absolute Gasteiger partial charge is 0.229 e. The van der Waals surface area contributed by atoms with Crippen molar-refractivity contribution < 1.29 is 14.4 Å². The first kappa shape index (κ1) is 21.4.